The summed E-state index contributed by atoms with van der Waals surface area (Å²) in [5.74, 6) is 0.889. The van der Waals surface area contributed by atoms with Crippen LogP contribution in [0.1, 0.15) is 20.9 Å². The average Bonchev–Trinajstić information content (AvgIpc) is 3.35. The van der Waals surface area contributed by atoms with Crippen LogP contribution >= 0.6 is 22.7 Å². The van der Waals surface area contributed by atoms with Crippen molar-refractivity contribution >= 4 is 49.1 Å². The van der Waals surface area contributed by atoms with Crippen LogP contribution in [-0.4, -0.2) is 34.4 Å². The molecule has 1 amide bonds. The first kappa shape index (κ1) is 18.1. The highest BCUT2D eigenvalue weighted by Crippen LogP contribution is 2.34. The number of ether oxygens (including phenoxy) is 1. The standard InChI is InChI=1S/C21H18N4O2S2/c1-27-14-7-8-15-17(11-14)28-20(22-15)24-21-23-16-9-10-25(12-18(16)29-21)19(26)13-5-3-2-4-6-13/h2-8,11H,9-10,12H2,1H3,(H,22,23,24). The van der Waals surface area contributed by atoms with E-state index in [9.17, 15) is 4.79 Å². The van der Waals surface area contributed by atoms with Crippen molar-refractivity contribution in [3.05, 3.63) is 64.7 Å². The molecule has 4 aromatic rings. The summed E-state index contributed by atoms with van der Waals surface area (Å²) in [6.45, 7) is 1.28. The first-order valence-corrected chi connectivity index (χ1v) is 10.9. The summed E-state index contributed by atoms with van der Waals surface area (Å²) >= 11 is 3.16. The van der Waals surface area contributed by atoms with E-state index in [0.717, 1.165) is 48.8 Å². The second kappa shape index (κ2) is 7.46. The molecule has 5 rings (SSSR count). The van der Waals surface area contributed by atoms with Gasteiger partial charge in [-0.25, -0.2) is 9.97 Å². The van der Waals surface area contributed by atoms with Crippen LogP contribution in [0.15, 0.2) is 48.5 Å². The van der Waals surface area contributed by atoms with Crippen molar-refractivity contribution in [2.75, 3.05) is 19.0 Å². The van der Waals surface area contributed by atoms with Gasteiger partial charge in [0.25, 0.3) is 5.91 Å². The highest BCUT2D eigenvalue weighted by atomic mass is 32.1. The molecule has 3 heterocycles. The number of anilines is 2. The van der Waals surface area contributed by atoms with Crippen LogP contribution in [-0.2, 0) is 13.0 Å². The van der Waals surface area contributed by atoms with E-state index in [1.54, 1.807) is 29.8 Å². The van der Waals surface area contributed by atoms with Gasteiger partial charge in [0.05, 0.1) is 29.6 Å². The van der Waals surface area contributed by atoms with E-state index in [1.165, 1.54) is 0 Å². The number of carbonyl (C=O) groups is 1. The highest BCUT2D eigenvalue weighted by molar-refractivity contribution is 7.22. The van der Waals surface area contributed by atoms with Gasteiger partial charge in [0.1, 0.15) is 5.75 Å². The third kappa shape index (κ3) is 3.56. The Kier molecular flexibility index (Phi) is 4.65. The monoisotopic (exact) mass is 422 g/mol. The molecular weight excluding hydrogens is 404 g/mol. The molecule has 1 aliphatic rings. The summed E-state index contributed by atoms with van der Waals surface area (Å²) in [7, 11) is 1.66. The molecule has 146 valence electrons. The van der Waals surface area contributed by atoms with Gasteiger partial charge in [-0.2, -0.15) is 0 Å². The van der Waals surface area contributed by atoms with E-state index in [0.29, 0.717) is 13.1 Å². The van der Waals surface area contributed by atoms with E-state index < -0.39 is 0 Å². The van der Waals surface area contributed by atoms with Gasteiger partial charge in [-0.15, -0.1) is 0 Å². The molecule has 29 heavy (non-hydrogen) atoms. The number of aromatic nitrogens is 2. The van der Waals surface area contributed by atoms with E-state index >= 15 is 0 Å². The lowest BCUT2D eigenvalue weighted by molar-refractivity contribution is 0.0736. The molecular formula is C21H18N4O2S2. The molecule has 0 spiro atoms. The topological polar surface area (TPSA) is 67.3 Å². The number of amides is 1. The molecule has 8 heteroatoms. The van der Waals surface area contributed by atoms with Gasteiger partial charge in [-0.05, 0) is 30.3 Å². The summed E-state index contributed by atoms with van der Waals surface area (Å²) in [6.07, 6.45) is 0.767. The van der Waals surface area contributed by atoms with Crippen molar-refractivity contribution in [2.24, 2.45) is 0 Å². The second-order valence-electron chi connectivity index (χ2n) is 6.71. The third-order valence-corrected chi connectivity index (χ3v) is 6.78. The van der Waals surface area contributed by atoms with Crippen LogP contribution in [0, 0.1) is 0 Å². The zero-order valence-corrected chi connectivity index (χ0v) is 17.3. The van der Waals surface area contributed by atoms with Gasteiger partial charge in [0.15, 0.2) is 10.3 Å². The predicted octanol–water partition coefficient (Wildman–Crippen LogP) is 4.70. The average molecular weight is 423 g/mol. The molecule has 0 atom stereocenters. The number of carbonyl (C=O) groups excluding carboxylic acids is 1. The third-order valence-electron chi connectivity index (χ3n) is 4.85. The van der Waals surface area contributed by atoms with Gasteiger partial charge >= 0.3 is 0 Å². The summed E-state index contributed by atoms with van der Waals surface area (Å²) < 4.78 is 6.35. The minimum absolute atomic E-state index is 0.0688. The number of nitrogens with zero attached hydrogens (tertiary/aromatic N) is 3. The molecule has 2 aromatic heterocycles. The minimum atomic E-state index is 0.0688. The fourth-order valence-electron chi connectivity index (χ4n) is 3.36. The van der Waals surface area contributed by atoms with Crippen LogP contribution in [0.3, 0.4) is 0 Å². The van der Waals surface area contributed by atoms with Gasteiger partial charge in [0.2, 0.25) is 0 Å². The first-order chi connectivity index (χ1) is 14.2. The number of methoxy groups -OCH3 is 1. The zero-order valence-electron chi connectivity index (χ0n) is 15.7. The molecule has 0 radical (unpaired) electrons. The van der Waals surface area contributed by atoms with E-state index in [-0.39, 0.29) is 5.91 Å². The minimum Gasteiger partial charge on any atom is -0.497 e. The fourth-order valence-corrected chi connectivity index (χ4v) is 5.34. The number of thiazole rings is 2. The lowest BCUT2D eigenvalue weighted by Gasteiger charge is -2.26. The molecule has 0 bridgehead atoms. The molecule has 2 aromatic carbocycles. The van der Waals surface area contributed by atoms with Gasteiger partial charge in [-0.1, -0.05) is 40.9 Å². The molecule has 0 fully saturated rings. The lowest BCUT2D eigenvalue weighted by atomic mass is 10.1. The predicted molar refractivity (Wildman–Crippen MR) is 116 cm³/mol. The Morgan fingerprint density at radius 2 is 1.93 bits per heavy atom. The quantitative estimate of drug-likeness (QED) is 0.516. The Balaban J connectivity index is 1.33. The maximum absolute atomic E-state index is 12.7. The number of benzene rings is 2. The Bertz CT molecular complexity index is 1190. The van der Waals surface area contributed by atoms with E-state index in [2.05, 4.69) is 10.3 Å². The number of fused-ring (bicyclic) bond motifs is 2. The van der Waals surface area contributed by atoms with Crippen molar-refractivity contribution in [1.29, 1.82) is 0 Å². The molecule has 1 N–H and O–H groups in total. The molecule has 0 unspecified atom stereocenters. The zero-order chi connectivity index (χ0) is 19.8. The number of rotatable bonds is 4. The molecule has 0 saturated heterocycles. The van der Waals surface area contributed by atoms with Gasteiger partial charge in [-0.3, -0.25) is 4.79 Å². The number of hydrogen-bond acceptors (Lipinski definition) is 7. The van der Waals surface area contributed by atoms with Crippen molar-refractivity contribution in [1.82, 2.24) is 14.9 Å². The Labute approximate surface area is 175 Å². The lowest BCUT2D eigenvalue weighted by Crippen LogP contribution is -2.35. The second-order valence-corrected chi connectivity index (χ2v) is 8.82. The summed E-state index contributed by atoms with van der Waals surface area (Å²) in [6, 6.07) is 15.3. The van der Waals surface area contributed by atoms with Crippen molar-refractivity contribution in [2.45, 2.75) is 13.0 Å². The van der Waals surface area contributed by atoms with Crippen LogP contribution in [0.4, 0.5) is 10.3 Å². The summed E-state index contributed by atoms with van der Waals surface area (Å²) in [5, 5.41) is 4.95. The summed E-state index contributed by atoms with van der Waals surface area (Å²) in [4.78, 5) is 25.1. The smallest absolute Gasteiger partial charge is 0.254 e. The van der Waals surface area contributed by atoms with Crippen LogP contribution < -0.4 is 10.1 Å². The van der Waals surface area contributed by atoms with Crippen molar-refractivity contribution in [3.8, 4) is 5.75 Å². The van der Waals surface area contributed by atoms with Crippen LogP contribution in [0.25, 0.3) is 10.2 Å². The molecule has 0 aliphatic carbocycles. The van der Waals surface area contributed by atoms with E-state index in [1.807, 2.05) is 53.4 Å². The molecule has 0 saturated carbocycles. The van der Waals surface area contributed by atoms with Crippen LogP contribution in [0.5, 0.6) is 5.75 Å². The largest absolute Gasteiger partial charge is 0.497 e. The Morgan fingerprint density at radius 1 is 1.10 bits per heavy atom. The maximum atomic E-state index is 12.7. The highest BCUT2D eigenvalue weighted by Gasteiger charge is 2.25. The van der Waals surface area contributed by atoms with E-state index in [4.69, 9.17) is 9.72 Å². The summed E-state index contributed by atoms with van der Waals surface area (Å²) in [5.41, 5.74) is 2.72. The Morgan fingerprint density at radius 3 is 2.76 bits per heavy atom. The normalized spacial score (nSPS) is 13.3. The van der Waals surface area contributed by atoms with Gasteiger partial charge in [0, 0.05) is 23.4 Å². The van der Waals surface area contributed by atoms with Gasteiger partial charge < -0.3 is 15.0 Å². The van der Waals surface area contributed by atoms with Crippen molar-refractivity contribution < 1.29 is 9.53 Å². The SMILES string of the molecule is COc1ccc2nc(Nc3nc4c(s3)CN(C(=O)c3ccccc3)CC4)sc2c1. The molecule has 1 aliphatic heterocycles. The number of nitrogens with one attached hydrogen (secondary N) is 1. The fraction of sp³-hybridized carbons (Fsp3) is 0.190. The van der Waals surface area contributed by atoms with Crippen molar-refractivity contribution in [3.63, 3.8) is 0 Å². The van der Waals surface area contributed by atoms with Crippen LogP contribution in [0.2, 0.25) is 0 Å². The first-order valence-electron chi connectivity index (χ1n) is 9.24. The number of hydrogen-bond donors (Lipinski definition) is 1. The molecule has 6 nitrogen and oxygen atoms in total. The maximum Gasteiger partial charge on any atom is 0.254 e. The Hall–Kier alpha value is -2.97.